The quantitative estimate of drug-likeness (QED) is 0.771. The lowest BCUT2D eigenvalue weighted by Gasteiger charge is -2.31. The summed E-state index contributed by atoms with van der Waals surface area (Å²) in [5.74, 6) is 0.811. The van der Waals surface area contributed by atoms with Crippen LogP contribution in [-0.2, 0) is 11.3 Å². The molecule has 2 aliphatic rings. The van der Waals surface area contributed by atoms with Gasteiger partial charge in [-0.1, -0.05) is 0 Å². The molecule has 1 aliphatic carbocycles. The van der Waals surface area contributed by atoms with E-state index in [0.29, 0.717) is 12.6 Å². The number of hydrogen-bond acceptors (Lipinski definition) is 6. The zero-order chi connectivity index (χ0) is 14.5. The van der Waals surface area contributed by atoms with Gasteiger partial charge in [0.15, 0.2) is 0 Å². The van der Waals surface area contributed by atoms with E-state index in [1.165, 1.54) is 12.8 Å². The van der Waals surface area contributed by atoms with Gasteiger partial charge in [0.25, 0.3) is 0 Å². The molecule has 2 N–H and O–H groups in total. The van der Waals surface area contributed by atoms with E-state index in [2.05, 4.69) is 20.2 Å². The van der Waals surface area contributed by atoms with Crippen LogP contribution in [0.25, 0.3) is 0 Å². The maximum atomic E-state index is 8.77. The summed E-state index contributed by atoms with van der Waals surface area (Å²) >= 11 is 0. The smallest absolute Gasteiger partial charge is 0.225 e. The minimum atomic E-state index is 0.0969. The third kappa shape index (κ3) is 4.36. The van der Waals surface area contributed by atoms with E-state index in [0.717, 1.165) is 44.0 Å². The standard InChI is InChI=1S/C15H24N4O2/c20-7-8-21-14-3-5-19(6-4-14)15-17-10-12(11-18-15)9-16-13-1-2-13/h10-11,13-14,16,20H,1-9H2. The molecule has 1 saturated heterocycles. The fraction of sp³-hybridized carbons (Fsp3) is 0.733. The molecule has 0 atom stereocenters. The second-order valence-electron chi connectivity index (χ2n) is 5.83. The molecule has 1 aromatic rings. The molecule has 1 aromatic heterocycles. The summed E-state index contributed by atoms with van der Waals surface area (Å²) in [6.07, 6.45) is 8.63. The number of piperidine rings is 1. The first-order valence-corrected chi connectivity index (χ1v) is 7.87. The highest BCUT2D eigenvalue weighted by atomic mass is 16.5. The van der Waals surface area contributed by atoms with Gasteiger partial charge in [0.1, 0.15) is 0 Å². The highest BCUT2D eigenvalue weighted by Gasteiger charge is 2.22. The highest BCUT2D eigenvalue weighted by Crippen LogP contribution is 2.20. The Morgan fingerprint density at radius 3 is 2.52 bits per heavy atom. The van der Waals surface area contributed by atoms with Crippen molar-refractivity contribution in [3.63, 3.8) is 0 Å². The topological polar surface area (TPSA) is 70.5 Å². The SMILES string of the molecule is OCCOC1CCN(c2ncc(CNC3CC3)cn2)CC1. The van der Waals surface area contributed by atoms with Crippen molar-refractivity contribution in [1.82, 2.24) is 15.3 Å². The number of nitrogens with zero attached hydrogens (tertiary/aromatic N) is 3. The van der Waals surface area contributed by atoms with Crippen LogP contribution in [-0.4, -0.2) is 53.5 Å². The molecular weight excluding hydrogens is 268 g/mol. The Labute approximate surface area is 125 Å². The van der Waals surface area contributed by atoms with Gasteiger partial charge in [0.05, 0.1) is 19.3 Å². The van der Waals surface area contributed by atoms with Gasteiger partial charge in [-0.25, -0.2) is 9.97 Å². The Morgan fingerprint density at radius 2 is 1.90 bits per heavy atom. The van der Waals surface area contributed by atoms with Crippen LogP contribution in [0, 0.1) is 0 Å². The zero-order valence-electron chi connectivity index (χ0n) is 12.4. The molecule has 1 aliphatic heterocycles. The third-order valence-corrected chi connectivity index (χ3v) is 4.03. The summed E-state index contributed by atoms with van der Waals surface area (Å²) in [6.45, 7) is 3.22. The average Bonchev–Trinajstić information content (AvgIpc) is 3.36. The van der Waals surface area contributed by atoms with Crippen LogP contribution < -0.4 is 10.2 Å². The van der Waals surface area contributed by atoms with Gasteiger partial charge < -0.3 is 20.1 Å². The van der Waals surface area contributed by atoms with E-state index in [-0.39, 0.29) is 12.7 Å². The molecule has 0 bridgehead atoms. The molecule has 6 nitrogen and oxygen atoms in total. The molecule has 0 unspecified atom stereocenters. The van der Waals surface area contributed by atoms with Crippen molar-refractivity contribution < 1.29 is 9.84 Å². The van der Waals surface area contributed by atoms with Gasteiger partial charge in [0, 0.05) is 43.6 Å². The van der Waals surface area contributed by atoms with Gasteiger partial charge in [0.2, 0.25) is 5.95 Å². The number of hydrogen-bond donors (Lipinski definition) is 2. The molecule has 0 amide bonds. The van der Waals surface area contributed by atoms with Gasteiger partial charge in [-0.15, -0.1) is 0 Å². The first-order chi connectivity index (χ1) is 10.3. The molecular formula is C15H24N4O2. The van der Waals surface area contributed by atoms with Crippen molar-refractivity contribution >= 4 is 5.95 Å². The molecule has 0 radical (unpaired) electrons. The number of nitrogens with one attached hydrogen (secondary N) is 1. The largest absolute Gasteiger partial charge is 0.394 e. The third-order valence-electron chi connectivity index (χ3n) is 4.03. The van der Waals surface area contributed by atoms with Crippen LogP contribution in [0.3, 0.4) is 0 Å². The van der Waals surface area contributed by atoms with Crippen molar-refractivity contribution in [1.29, 1.82) is 0 Å². The Bertz CT molecular complexity index is 428. The molecule has 1 saturated carbocycles. The lowest BCUT2D eigenvalue weighted by Crippen LogP contribution is -2.38. The second kappa shape index (κ2) is 7.15. The number of aromatic nitrogens is 2. The van der Waals surface area contributed by atoms with Gasteiger partial charge in [-0.2, -0.15) is 0 Å². The Balaban J connectivity index is 1.46. The van der Waals surface area contributed by atoms with Gasteiger partial charge >= 0.3 is 0 Å². The molecule has 116 valence electrons. The van der Waals surface area contributed by atoms with Crippen LogP contribution in [0.4, 0.5) is 5.95 Å². The highest BCUT2D eigenvalue weighted by molar-refractivity contribution is 5.30. The van der Waals surface area contributed by atoms with Crippen molar-refractivity contribution in [3.8, 4) is 0 Å². The molecule has 3 rings (SSSR count). The fourth-order valence-electron chi connectivity index (χ4n) is 2.59. The maximum Gasteiger partial charge on any atom is 0.225 e. The van der Waals surface area contributed by atoms with E-state index in [4.69, 9.17) is 9.84 Å². The normalized spacial score (nSPS) is 20.0. The maximum absolute atomic E-state index is 8.77. The van der Waals surface area contributed by atoms with E-state index < -0.39 is 0 Å². The number of ether oxygens (including phenoxy) is 1. The van der Waals surface area contributed by atoms with Crippen molar-refractivity contribution in [2.75, 3.05) is 31.2 Å². The van der Waals surface area contributed by atoms with E-state index in [1.807, 2.05) is 12.4 Å². The molecule has 0 spiro atoms. The van der Waals surface area contributed by atoms with Crippen molar-refractivity contribution in [2.24, 2.45) is 0 Å². The first-order valence-electron chi connectivity index (χ1n) is 7.87. The summed E-state index contributed by atoms with van der Waals surface area (Å²) in [5, 5.41) is 12.2. The van der Waals surface area contributed by atoms with Crippen LogP contribution >= 0.6 is 0 Å². The molecule has 2 heterocycles. The molecule has 6 heteroatoms. The fourth-order valence-corrected chi connectivity index (χ4v) is 2.59. The minimum Gasteiger partial charge on any atom is -0.394 e. The lowest BCUT2D eigenvalue weighted by molar-refractivity contribution is 0.0157. The number of aliphatic hydroxyl groups is 1. The van der Waals surface area contributed by atoms with Crippen molar-refractivity contribution in [3.05, 3.63) is 18.0 Å². The average molecular weight is 292 g/mol. The summed E-state index contributed by atoms with van der Waals surface area (Å²) < 4.78 is 5.57. The second-order valence-corrected chi connectivity index (χ2v) is 5.83. The summed E-state index contributed by atoms with van der Waals surface area (Å²) in [4.78, 5) is 11.2. The van der Waals surface area contributed by atoms with Crippen molar-refractivity contribution in [2.45, 2.75) is 44.4 Å². The number of anilines is 1. The lowest BCUT2D eigenvalue weighted by atomic mass is 10.1. The van der Waals surface area contributed by atoms with Gasteiger partial charge in [-0.3, -0.25) is 0 Å². The number of rotatable bonds is 7. The summed E-state index contributed by atoms with van der Waals surface area (Å²) in [7, 11) is 0. The first kappa shape index (κ1) is 14.7. The molecule has 0 aromatic carbocycles. The van der Waals surface area contributed by atoms with Crippen LogP contribution in [0.2, 0.25) is 0 Å². The van der Waals surface area contributed by atoms with Gasteiger partial charge in [-0.05, 0) is 25.7 Å². The zero-order valence-corrected chi connectivity index (χ0v) is 12.4. The van der Waals surface area contributed by atoms with E-state index in [1.54, 1.807) is 0 Å². The molecule has 21 heavy (non-hydrogen) atoms. The Kier molecular flexibility index (Phi) is 5.00. The van der Waals surface area contributed by atoms with E-state index in [9.17, 15) is 0 Å². The predicted molar refractivity (Wildman–Crippen MR) is 80.2 cm³/mol. The summed E-state index contributed by atoms with van der Waals surface area (Å²) in [6, 6.07) is 0.711. The molecule has 2 fully saturated rings. The minimum absolute atomic E-state index is 0.0969. The monoisotopic (exact) mass is 292 g/mol. The summed E-state index contributed by atoms with van der Waals surface area (Å²) in [5.41, 5.74) is 1.15. The Hall–Kier alpha value is -1.24. The number of aliphatic hydroxyl groups excluding tert-OH is 1. The van der Waals surface area contributed by atoms with Crippen LogP contribution in [0.1, 0.15) is 31.2 Å². The Morgan fingerprint density at radius 1 is 1.19 bits per heavy atom. The van der Waals surface area contributed by atoms with Crippen LogP contribution in [0.15, 0.2) is 12.4 Å². The van der Waals surface area contributed by atoms with E-state index >= 15 is 0 Å². The van der Waals surface area contributed by atoms with Crippen LogP contribution in [0.5, 0.6) is 0 Å². The predicted octanol–water partition coefficient (Wildman–Crippen LogP) is 0.706.